The van der Waals surface area contributed by atoms with Crippen LogP contribution < -0.4 is 20.9 Å². The normalized spacial score (nSPS) is 13.6. The maximum atomic E-state index is 12.0. The molecule has 3 rings (SSSR count). The largest absolute Gasteiger partial charge is 0.336 e. The molecule has 23 heavy (non-hydrogen) atoms. The molecular formula is C16H15IN4O2. The fourth-order valence-corrected chi connectivity index (χ4v) is 2.66. The van der Waals surface area contributed by atoms with Gasteiger partial charge in [-0.3, -0.25) is 4.90 Å². The van der Waals surface area contributed by atoms with Crippen LogP contribution in [-0.4, -0.2) is 25.2 Å². The van der Waals surface area contributed by atoms with Crippen molar-refractivity contribution in [2.45, 2.75) is 0 Å². The molecule has 118 valence electrons. The topological polar surface area (TPSA) is 73.5 Å². The van der Waals surface area contributed by atoms with Crippen LogP contribution in [0.25, 0.3) is 0 Å². The van der Waals surface area contributed by atoms with E-state index in [-0.39, 0.29) is 12.1 Å². The van der Waals surface area contributed by atoms with E-state index in [4.69, 9.17) is 0 Å². The second kappa shape index (κ2) is 6.86. The minimum atomic E-state index is -0.325. The van der Waals surface area contributed by atoms with Gasteiger partial charge in [0.1, 0.15) is 0 Å². The van der Waals surface area contributed by atoms with E-state index in [2.05, 4.69) is 38.5 Å². The Morgan fingerprint density at radius 3 is 2.52 bits per heavy atom. The summed E-state index contributed by atoms with van der Waals surface area (Å²) in [4.78, 5) is 25.4. The predicted molar refractivity (Wildman–Crippen MR) is 99.0 cm³/mol. The lowest BCUT2D eigenvalue weighted by atomic mass is 10.2. The molecule has 6 nitrogen and oxygen atoms in total. The van der Waals surface area contributed by atoms with Crippen molar-refractivity contribution in [3.8, 4) is 0 Å². The van der Waals surface area contributed by atoms with Crippen molar-refractivity contribution in [2.75, 3.05) is 28.6 Å². The number of anilines is 3. The Morgan fingerprint density at radius 1 is 1.09 bits per heavy atom. The molecule has 1 fully saturated rings. The van der Waals surface area contributed by atoms with Crippen LogP contribution in [0.15, 0.2) is 48.5 Å². The van der Waals surface area contributed by atoms with Crippen LogP contribution in [0.1, 0.15) is 0 Å². The number of halogens is 1. The van der Waals surface area contributed by atoms with Gasteiger partial charge in [-0.15, -0.1) is 0 Å². The highest BCUT2D eigenvalue weighted by atomic mass is 127. The van der Waals surface area contributed by atoms with Crippen molar-refractivity contribution in [2.24, 2.45) is 0 Å². The molecule has 3 N–H and O–H groups in total. The first-order chi connectivity index (χ1) is 11.1. The third-order valence-electron chi connectivity index (χ3n) is 3.37. The van der Waals surface area contributed by atoms with E-state index in [1.807, 2.05) is 30.3 Å². The Bertz CT molecular complexity index is 733. The second-order valence-electron chi connectivity index (χ2n) is 5.02. The Kier molecular flexibility index (Phi) is 4.65. The number of benzene rings is 2. The minimum absolute atomic E-state index is 0.120. The summed E-state index contributed by atoms with van der Waals surface area (Å²) in [6.45, 7) is 1.25. The molecular weight excluding hydrogens is 407 g/mol. The van der Waals surface area contributed by atoms with Gasteiger partial charge in [0.05, 0.1) is 0 Å². The number of rotatable bonds is 3. The summed E-state index contributed by atoms with van der Waals surface area (Å²) in [5, 5.41) is 8.29. The molecule has 2 aromatic carbocycles. The Labute approximate surface area is 147 Å². The van der Waals surface area contributed by atoms with Crippen molar-refractivity contribution >= 4 is 51.7 Å². The molecule has 1 aliphatic rings. The maximum Gasteiger partial charge on any atom is 0.323 e. The predicted octanol–water partition coefficient (Wildman–Crippen LogP) is 3.46. The highest BCUT2D eigenvalue weighted by Crippen LogP contribution is 2.21. The van der Waals surface area contributed by atoms with Crippen LogP contribution >= 0.6 is 22.6 Å². The van der Waals surface area contributed by atoms with Crippen molar-refractivity contribution in [1.82, 2.24) is 5.32 Å². The fraction of sp³-hybridized carbons (Fsp3) is 0.125. The van der Waals surface area contributed by atoms with E-state index in [0.29, 0.717) is 18.8 Å². The monoisotopic (exact) mass is 422 g/mol. The molecule has 0 aliphatic carbocycles. The second-order valence-corrected chi connectivity index (χ2v) is 6.27. The lowest BCUT2D eigenvalue weighted by Crippen LogP contribution is -2.27. The lowest BCUT2D eigenvalue weighted by Gasteiger charge is -2.15. The van der Waals surface area contributed by atoms with Crippen LogP contribution in [0.2, 0.25) is 0 Å². The van der Waals surface area contributed by atoms with Gasteiger partial charge >= 0.3 is 12.1 Å². The highest BCUT2D eigenvalue weighted by Gasteiger charge is 2.21. The van der Waals surface area contributed by atoms with Crippen LogP contribution in [0.3, 0.4) is 0 Å². The zero-order valence-corrected chi connectivity index (χ0v) is 14.3. The number of carbonyl (C=O) groups is 2. The number of hydrogen-bond acceptors (Lipinski definition) is 2. The first kappa shape index (κ1) is 15.6. The van der Waals surface area contributed by atoms with Crippen LogP contribution in [0, 0.1) is 3.57 Å². The molecule has 1 saturated heterocycles. The third-order valence-corrected chi connectivity index (χ3v) is 4.09. The van der Waals surface area contributed by atoms with E-state index in [0.717, 1.165) is 14.9 Å². The summed E-state index contributed by atoms with van der Waals surface area (Å²) in [5.41, 5.74) is 2.11. The van der Waals surface area contributed by atoms with Crippen molar-refractivity contribution in [3.05, 3.63) is 52.1 Å². The fourth-order valence-electron chi connectivity index (χ4n) is 2.30. The average Bonchev–Trinajstić information content (AvgIpc) is 2.96. The number of nitrogens with zero attached hydrogens (tertiary/aromatic N) is 1. The summed E-state index contributed by atoms with van der Waals surface area (Å²) in [6, 6.07) is 14.3. The SMILES string of the molecule is O=C(Nc1ccc(I)cc1)Nc1cccc(N2CCNC2=O)c1. The van der Waals surface area contributed by atoms with Gasteiger partial charge in [0.25, 0.3) is 0 Å². The molecule has 0 spiro atoms. The molecule has 4 amide bonds. The number of amides is 4. The summed E-state index contributed by atoms with van der Waals surface area (Å²) in [6.07, 6.45) is 0. The Balaban J connectivity index is 1.66. The number of urea groups is 2. The zero-order valence-electron chi connectivity index (χ0n) is 12.2. The van der Waals surface area contributed by atoms with E-state index in [1.54, 1.807) is 23.1 Å². The third kappa shape index (κ3) is 3.92. The van der Waals surface area contributed by atoms with Gasteiger partial charge in [-0.2, -0.15) is 0 Å². The van der Waals surface area contributed by atoms with Crippen molar-refractivity contribution in [1.29, 1.82) is 0 Å². The van der Waals surface area contributed by atoms with E-state index < -0.39 is 0 Å². The van der Waals surface area contributed by atoms with Gasteiger partial charge in [0, 0.05) is 33.7 Å². The Morgan fingerprint density at radius 2 is 1.83 bits per heavy atom. The first-order valence-corrected chi connectivity index (χ1v) is 8.19. The number of carbonyl (C=O) groups excluding carboxylic acids is 2. The van der Waals surface area contributed by atoms with Crippen LogP contribution in [-0.2, 0) is 0 Å². The van der Waals surface area contributed by atoms with Crippen LogP contribution in [0.4, 0.5) is 26.7 Å². The summed E-state index contributed by atoms with van der Waals surface area (Å²) in [7, 11) is 0. The summed E-state index contributed by atoms with van der Waals surface area (Å²) in [5.74, 6) is 0. The average molecular weight is 422 g/mol. The van der Waals surface area contributed by atoms with Gasteiger partial charge < -0.3 is 16.0 Å². The molecule has 0 atom stereocenters. The van der Waals surface area contributed by atoms with E-state index in [1.165, 1.54) is 0 Å². The molecule has 2 aromatic rings. The lowest BCUT2D eigenvalue weighted by molar-refractivity contribution is 0.252. The standard InChI is InChI=1S/C16H15IN4O2/c17-11-4-6-12(7-5-11)19-15(22)20-13-2-1-3-14(10-13)21-9-8-18-16(21)23/h1-7,10H,8-9H2,(H,18,23)(H2,19,20,22). The molecule has 1 aliphatic heterocycles. The van der Waals surface area contributed by atoms with Crippen molar-refractivity contribution in [3.63, 3.8) is 0 Å². The van der Waals surface area contributed by atoms with Gasteiger partial charge in [-0.25, -0.2) is 9.59 Å². The first-order valence-electron chi connectivity index (χ1n) is 7.11. The molecule has 0 unspecified atom stereocenters. The number of hydrogen-bond donors (Lipinski definition) is 3. The van der Waals surface area contributed by atoms with Gasteiger partial charge in [-0.1, -0.05) is 6.07 Å². The van der Waals surface area contributed by atoms with E-state index in [9.17, 15) is 9.59 Å². The minimum Gasteiger partial charge on any atom is -0.336 e. The molecule has 0 bridgehead atoms. The zero-order chi connectivity index (χ0) is 16.2. The molecule has 0 radical (unpaired) electrons. The van der Waals surface area contributed by atoms with Crippen molar-refractivity contribution < 1.29 is 9.59 Å². The molecule has 0 saturated carbocycles. The smallest absolute Gasteiger partial charge is 0.323 e. The van der Waals surface area contributed by atoms with E-state index >= 15 is 0 Å². The molecule has 1 heterocycles. The molecule has 0 aromatic heterocycles. The quantitative estimate of drug-likeness (QED) is 0.663. The summed E-state index contributed by atoms with van der Waals surface area (Å²) < 4.78 is 1.10. The van der Waals surface area contributed by atoms with Gasteiger partial charge in [0.15, 0.2) is 0 Å². The molecule has 7 heteroatoms. The van der Waals surface area contributed by atoms with Gasteiger partial charge in [0.2, 0.25) is 0 Å². The Hall–Kier alpha value is -2.29. The van der Waals surface area contributed by atoms with Gasteiger partial charge in [-0.05, 0) is 65.1 Å². The van der Waals surface area contributed by atoms with Crippen LogP contribution in [0.5, 0.6) is 0 Å². The summed E-state index contributed by atoms with van der Waals surface area (Å²) >= 11 is 2.21. The maximum absolute atomic E-state index is 12.0. The highest BCUT2D eigenvalue weighted by molar-refractivity contribution is 14.1. The number of nitrogens with one attached hydrogen (secondary N) is 3.